The quantitative estimate of drug-likeness (QED) is 0.654. The van der Waals surface area contributed by atoms with Gasteiger partial charge in [0.05, 0.1) is 4.92 Å². The van der Waals surface area contributed by atoms with Crippen molar-refractivity contribution in [3.63, 3.8) is 0 Å². The van der Waals surface area contributed by atoms with Crippen molar-refractivity contribution in [2.45, 2.75) is 13.3 Å². The summed E-state index contributed by atoms with van der Waals surface area (Å²) in [6, 6.07) is 13.1. The highest BCUT2D eigenvalue weighted by molar-refractivity contribution is 9.10. The van der Waals surface area contributed by atoms with Gasteiger partial charge in [0.15, 0.2) is 0 Å². The van der Waals surface area contributed by atoms with Crippen molar-refractivity contribution in [3.8, 4) is 0 Å². The first kappa shape index (κ1) is 14.5. The SMILES string of the molecule is Cc1cccc(CCNc2ccc([N+](=O)[O-])cc2Br)c1. The van der Waals surface area contributed by atoms with Gasteiger partial charge >= 0.3 is 0 Å². The van der Waals surface area contributed by atoms with Gasteiger partial charge in [-0.15, -0.1) is 0 Å². The summed E-state index contributed by atoms with van der Waals surface area (Å²) < 4.78 is 0.705. The molecule has 0 amide bonds. The van der Waals surface area contributed by atoms with E-state index in [0.717, 1.165) is 18.7 Å². The van der Waals surface area contributed by atoms with Gasteiger partial charge in [0.2, 0.25) is 0 Å². The smallest absolute Gasteiger partial charge is 0.270 e. The summed E-state index contributed by atoms with van der Waals surface area (Å²) >= 11 is 3.35. The van der Waals surface area contributed by atoms with Gasteiger partial charge in [0.1, 0.15) is 0 Å². The number of anilines is 1. The van der Waals surface area contributed by atoms with E-state index in [1.54, 1.807) is 6.07 Å². The number of halogens is 1. The number of benzene rings is 2. The number of non-ortho nitro benzene ring substituents is 1. The van der Waals surface area contributed by atoms with Gasteiger partial charge in [-0.3, -0.25) is 10.1 Å². The Bertz CT molecular complexity index is 629. The third kappa shape index (κ3) is 3.81. The van der Waals surface area contributed by atoms with Crippen LogP contribution in [-0.4, -0.2) is 11.5 Å². The lowest BCUT2D eigenvalue weighted by Crippen LogP contribution is -2.05. The zero-order valence-electron chi connectivity index (χ0n) is 11.1. The molecule has 104 valence electrons. The van der Waals surface area contributed by atoms with Gasteiger partial charge in [-0.1, -0.05) is 29.8 Å². The molecule has 0 atom stereocenters. The fourth-order valence-electron chi connectivity index (χ4n) is 1.97. The predicted molar refractivity (Wildman–Crippen MR) is 84.2 cm³/mol. The van der Waals surface area contributed by atoms with E-state index in [-0.39, 0.29) is 5.69 Å². The maximum Gasteiger partial charge on any atom is 0.270 e. The largest absolute Gasteiger partial charge is 0.384 e. The number of hydrogen-bond acceptors (Lipinski definition) is 3. The van der Waals surface area contributed by atoms with Crippen LogP contribution < -0.4 is 5.32 Å². The predicted octanol–water partition coefficient (Wildman–Crippen LogP) is 4.32. The molecule has 0 unspecified atom stereocenters. The summed E-state index contributed by atoms with van der Waals surface area (Å²) in [6.45, 7) is 2.85. The van der Waals surface area contributed by atoms with E-state index < -0.39 is 4.92 Å². The van der Waals surface area contributed by atoms with Gasteiger partial charge in [-0.25, -0.2) is 0 Å². The summed E-state index contributed by atoms with van der Waals surface area (Å²) in [4.78, 5) is 10.3. The molecule has 0 radical (unpaired) electrons. The van der Waals surface area contributed by atoms with Crippen molar-refractivity contribution in [1.82, 2.24) is 0 Å². The lowest BCUT2D eigenvalue weighted by molar-refractivity contribution is -0.384. The Labute approximate surface area is 126 Å². The van der Waals surface area contributed by atoms with Crippen molar-refractivity contribution < 1.29 is 4.92 Å². The molecule has 0 bridgehead atoms. The van der Waals surface area contributed by atoms with Crippen LogP contribution in [0.1, 0.15) is 11.1 Å². The number of nitrogens with zero attached hydrogens (tertiary/aromatic N) is 1. The Kier molecular flexibility index (Phi) is 4.74. The van der Waals surface area contributed by atoms with Crippen LogP contribution in [0.4, 0.5) is 11.4 Å². The van der Waals surface area contributed by atoms with Crippen LogP contribution in [-0.2, 0) is 6.42 Å². The van der Waals surface area contributed by atoms with Crippen LogP contribution in [0.15, 0.2) is 46.9 Å². The van der Waals surface area contributed by atoms with E-state index in [0.29, 0.717) is 4.47 Å². The highest BCUT2D eigenvalue weighted by atomic mass is 79.9. The molecule has 5 heteroatoms. The molecule has 20 heavy (non-hydrogen) atoms. The molecule has 4 nitrogen and oxygen atoms in total. The molecule has 0 aliphatic carbocycles. The van der Waals surface area contributed by atoms with Crippen LogP contribution in [0.3, 0.4) is 0 Å². The third-order valence-corrected chi connectivity index (χ3v) is 3.63. The summed E-state index contributed by atoms with van der Waals surface area (Å²) in [5.74, 6) is 0. The maximum absolute atomic E-state index is 10.7. The highest BCUT2D eigenvalue weighted by Gasteiger charge is 2.08. The zero-order valence-corrected chi connectivity index (χ0v) is 12.7. The van der Waals surface area contributed by atoms with E-state index in [1.807, 2.05) is 6.07 Å². The summed E-state index contributed by atoms with van der Waals surface area (Å²) in [7, 11) is 0. The average Bonchev–Trinajstić information content (AvgIpc) is 2.40. The number of hydrogen-bond donors (Lipinski definition) is 1. The number of nitro groups is 1. The van der Waals surface area contributed by atoms with Crippen molar-refractivity contribution in [2.24, 2.45) is 0 Å². The molecule has 1 N–H and O–H groups in total. The molecule has 0 saturated carbocycles. The minimum atomic E-state index is -0.402. The van der Waals surface area contributed by atoms with Gasteiger partial charge in [-0.05, 0) is 40.9 Å². The number of nitrogens with one attached hydrogen (secondary N) is 1. The molecule has 0 aliphatic heterocycles. The molecule has 0 heterocycles. The van der Waals surface area contributed by atoms with E-state index in [9.17, 15) is 10.1 Å². The normalized spacial score (nSPS) is 10.3. The Balaban J connectivity index is 1.96. The van der Waals surface area contributed by atoms with Crippen LogP contribution in [0.5, 0.6) is 0 Å². The van der Waals surface area contributed by atoms with Crippen molar-refractivity contribution >= 4 is 27.3 Å². The zero-order chi connectivity index (χ0) is 14.5. The second-order valence-electron chi connectivity index (χ2n) is 4.59. The minimum Gasteiger partial charge on any atom is -0.384 e. The Morgan fingerprint density at radius 2 is 2.05 bits per heavy atom. The second-order valence-corrected chi connectivity index (χ2v) is 5.44. The van der Waals surface area contributed by atoms with E-state index in [1.165, 1.54) is 23.3 Å². The van der Waals surface area contributed by atoms with Crippen LogP contribution in [0.2, 0.25) is 0 Å². The fourth-order valence-corrected chi connectivity index (χ4v) is 2.48. The van der Waals surface area contributed by atoms with Gasteiger partial charge in [-0.2, -0.15) is 0 Å². The molecule has 2 aromatic rings. The van der Waals surface area contributed by atoms with E-state index in [2.05, 4.69) is 46.4 Å². The van der Waals surface area contributed by atoms with Gasteiger partial charge in [0.25, 0.3) is 5.69 Å². The van der Waals surface area contributed by atoms with Crippen LogP contribution in [0.25, 0.3) is 0 Å². The summed E-state index contributed by atoms with van der Waals surface area (Å²) in [5.41, 5.74) is 3.47. The van der Waals surface area contributed by atoms with Gasteiger partial charge < -0.3 is 5.32 Å². The maximum atomic E-state index is 10.7. The van der Waals surface area contributed by atoms with Crippen molar-refractivity contribution in [2.75, 3.05) is 11.9 Å². The van der Waals surface area contributed by atoms with Crippen LogP contribution in [0, 0.1) is 17.0 Å². The molecule has 2 rings (SSSR count). The monoisotopic (exact) mass is 334 g/mol. The highest BCUT2D eigenvalue weighted by Crippen LogP contribution is 2.27. The van der Waals surface area contributed by atoms with Crippen LogP contribution >= 0.6 is 15.9 Å². The molecule has 0 aliphatic rings. The second kappa shape index (κ2) is 6.52. The first-order valence-electron chi connectivity index (χ1n) is 6.29. The molecule has 0 aromatic heterocycles. The molecule has 0 spiro atoms. The number of nitro benzene ring substituents is 1. The molecular formula is C15H15BrN2O2. The molecular weight excluding hydrogens is 320 g/mol. The average molecular weight is 335 g/mol. The lowest BCUT2D eigenvalue weighted by atomic mass is 10.1. The van der Waals surface area contributed by atoms with E-state index in [4.69, 9.17) is 0 Å². The van der Waals surface area contributed by atoms with E-state index >= 15 is 0 Å². The van der Waals surface area contributed by atoms with Crippen molar-refractivity contribution in [1.29, 1.82) is 0 Å². The molecule has 0 fully saturated rings. The minimum absolute atomic E-state index is 0.0844. The number of aryl methyl sites for hydroxylation is 1. The van der Waals surface area contributed by atoms with Crippen molar-refractivity contribution in [3.05, 3.63) is 68.2 Å². The molecule has 0 saturated heterocycles. The first-order chi connectivity index (χ1) is 9.56. The van der Waals surface area contributed by atoms with Gasteiger partial charge in [0, 0.05) is 28.8 Å². The third-order valence-electron chi connectivity index (χ3n) is 2.98. The summed E-state index contributed by atoms with van der Waals surface area (Å²) in [5, 5.41) is 13.9. The standard InChI is InChI=1S/C15H15BrN2O2/c1-11-3-2-4-12(9-11)7-8-17-15-6-5-13(18(19)20)10-14(15)16/h2-6,9-10,17H,7-8H2,1H3. The topological polar surface area (TPSA) is 55.2 Å². The summed E-state index contributed by atoms with van der Waals surface area (Å²) in [6.07, 6.45) is 0.908. The fraction of sp³-hybridized carbons (Fsp3) is 0.200. The Morgan fingerprint density at radius 3 is 2.70 bits per heavy atom. The Morgan fingerprint density at radius 1 is 1.25 bits per heavy atom. The lowest BCUT2D eigenvalue weighted by Gasteiger charge is -2.09. The first-order valence-corrected chi connectivity index (χ1v) is 7.09. The molecule has 2 aromatic carbocycles. The number of rotatable bonds is 5. The Hall–Kier alpha value is -1.88.